The number of nitrogens with zero attached hydrogens (tertiary/aromatic N) is 3. The molecule has 0 unspecified atom stereocenters. The van der Waals surface area contributed by atoms with Gasteiger partial charge < -0.3 is 4.98 Å². The summed E-state index contributed by atoms with van der Waals surface area (Å²) in [6.45, 7) is 0. The van der Waals surface area contributed by atoms with E-state index in [2.05, 4.69) is 32.1 Å². The van der Waals surface area contributed by atoms with Crippen LogP contribution in [-0.2, 0) is 0 Å². The molecule has 0 aliphatic rings. The summed E-state index contributed by atoms with van der Waals surface area (Å²) in [7, 11) is 0. The second kappa shape index (κ2) is 5.27. The summed E-state index contributed by atoms with van der Waals surface area (Å²) in [6.07, 6.45) is 8.77. The van der Waals surface area contributed by atoms with Crippen LogP contribution in [0.2, 0.25) is 0 Å². The average molecular weight is 248 g/mol. The number of fused-ring (bicyclic) bond motifs is 3. The minimum Gasteiger partial charge on any atom is -0.351 e. The van der Waals surface area contributed by atoms with Gasteiger partial charge in [0.05, 0.1) is 17.4 Å². The van der Waals surface area contributed by atoms with Crippen molar-refractivity contribution in [1.29, 1.82) is 0 Å². The molecule has 0 saturated carbocycles. The maximum Gasteiger partial charge on any atom is 0.0964 e. The van der Waals surface area contributed by atoms with Crippen LogP contribution < -0.4 is 0 Å². The summed E-state index contributed by atoms with van der Waals surface area (Å²) in [5.41, 5.74) is 1.93. The van der Waals surface area contributed by atoms with E-state index in [0.29, 0.717) is 0 Å². The Hall–Kier alpha value is -2.75. The van der Waals surface area contributed by atoms with Crippen LogP contribution in [0, 0.1) is 0 Å². The Bertz CT molecular complexity index is 706. The molecule has 0 atom stereocenters. The largest absolute Gasteiger partial charge is 0.351 e. The highest BCUT2D eigenvalue weighted by Crippen LogP contribution is 2.20. The van der Waals surface area contributed by atoms with Crippen LogP contribution in [0.5, 0.6) is 0 Å². The van der Waals surface area contributed by atoms with E-state index in [1.54, 1.807) is 24.9 Å². The Morgan fingerprint density at radius 3 is 2.63 bits per heavy atom. The zero-order chi connectivity index (χ0) is 12.9. The predicted octanol–water partition coefficient (Wildman–Crippen LogP) is 3.19. The molecule has 19 heavy (non-hydrogen) atoms. The van der Waals surface area contributed by atoms with E-state index in [9.17, 15) is 0 Å². The first-order chi connectivity index (χ1) is 9.45. The Morgan fingerprint density at radius 1 is 0.895 bits per heavy atom. The summed E-state index contributed by atoms with van der Waals surface area (Å²) in [5.74, 6) is 0. The standard InChI is InChI=1S/C12H8N2.C3H4N2/c1-2-5-10-9(4-1)8-14-11-6-3-7-13-12(10)11;1-2-5-3-4-1/h1-8H;1-3H,(H,4,5). The van der Waals surface area contributed by atoms with Crippen LogP contribution >= 0.6 is 0 Å². The van der Waals surface area contributed by atoms with Gasteiger partial charge in [-0.1, -0.05) is 24.3 Å². The predicted molar refractivity (Wildman–Crippen MR) is 75.6 cm³/mol. The summed E-state index contributed by atoms with van der Waals surface area (Å²) < 4.78 is 0. The first-order valence-corrected chi connectivity index (χ1v) is 5.96. The van der Waals surface area contributed by atoms with Crippen molar-refractivity contribution in [2.45, 2.75) is 0 Å². The van der Waals surface area contributed by atoms with Gasteiger partial charge in [0, 0.05) is 35.6 Å². The van der Waals surface area contributed by atoms with Gasteiger partial charge in [0.25, 0.3) is 0 Å². The van der Waals surface area contributed by atoms with Crippen molar-refractivity contribution in [3.05, 3.63) is 67.5 Å². The number of aromatic amines is 1. The molecule has 1 aromatic carbocycles. The maximum absolute atomic E-state index is 4.35. The van der Waals surface area contributed by atoms with Crippen LogP contribution in [-0.4, -0.2) is 19.9 Å². The highest BCUT2D eigenvalue weighted by molar-refractivity contribution is 6.02. The molecule has 4 rings (SSSR count). The SMILES string of the molecule is c1c[nH]cn1.c1ccc2c(c1)cnc1cccnc12. The number of imidazole rings is 1. The van der Waals surface area contributed by atoms with Crippen LogP contribution in [0.25, 0.3) is 21.8 Å². The number of pyridine rings is 2. The first kappa shape index (κ1) is 11.3. The molecule has 4 heteroatoms. The van der Waals surface area contributed by atoms with E-state index < -0.39 is 0 Å². The van der Waals surface area contributed by atoms with Crippen molar-refractivity contribution >= 4 is 21.8 Å². The molecule has 0 saturated heterocycles. The van der Waals surface area contributed by atoms with Crippen LogP contribution in [0.1, 0.15) is 0 Å². The monoisotopic (exact) mass is 248 g/mol. The van der Waals surface area contributed by atoms with Gasteiger partial charge >= 0.3 is 0 Å². The van der Waals surface area contributed by atoms with E-state index >= 15 is 0 Å². The Kier molecular flexibility index (Phi) is 3.14. The molecule has 3 aromatic heterocycles. The lowest BCUT2D eigenvalue weighted by Crippen LogP contribution is -1.83. The van der Waals surface area contributed by atoms with Crippen molar-refractivity contribution in [1.82, 2.24) is 19.9 Å². The fourth-order valence-corrected chi connectivity index (χ4v) is 1.89. The normalized spacial score (nSPS) is 10.1. The van der Waals surface area contributed by atoms with Crippen molar-refractivity contribution in [2.75, 3.05) is 0 Å². The molecule has 0 bridgehead atoms. The lowest BCUT2D eigenvalue weighted by molar-refractivity contribution is 1.31. The molecule has 0 fully saturated rings. The van der Waals surface area contributed by atoms with Gasteiger partial charge in [-0.2, -0.15) is 0 Å². The van der Waals surface area contributed by atoms with E-state index in [0.717, 1.165) is 21.8 Å². The third kappa shape index (κ3) is 2.42. The summed E-state index contributed by atoms with van der Waals surface area (Å²) in [6, 6.07) is 12.1. The van der Waals surface area contributed by atoms with E-state index in [4.69, 9.17) is 0 Å². The van der Waals surface area contributed by atoms with Crippen molar-refractivity contribution in [3.63, 3.8) is 0 Å². The molecular formula is C15H12N4. The molecule has 4 aromatic rings. The molecule has 0 radical (unpaired) electrons. The minimum absolute atomic E-state index is 0.950. The van der Waals surface area contributed by atoms with Gasteiger partial charge in [0.15, 0.2) is 0 Å². The number of H-pyrrole nitrogens is 1. The molecule has 3 heterocycles. The molecule has 4 nitrogen and oxygen atoms in total. The van der Waals surface area contributed by atoms with Gasteiger partial charge in [-0.3, -0.25) is 9.97 Å². The zero-order valence-corrected chi connectivity index (χ0v) is 10.2. The average Bonchev–Trinajstić information content (AvgIpc) is 3.07. The molecule has 0 aliphatic heterocycles. The minimum atomic E-state index is 0.950. The molecule has 0 amide bonds. The summed E-state index contributed by atoms with van der Waals surface area (Å²) in [5, 5.41) is 2.30. The molecule has 92 valence electrons. The summed E-state index contributed by atoms with van der Waals surface area (Å²) in [4.78, 5) is 15.1. The first-order valence-electron chi connectivity index (χ1n) is 5.96. The second-order valence-corrected chi connectivity index (χ2v) is 3.98. The number of aromatic nitrogens is 4. The topological polar surface area (TPSA) is 54.5 Å². The lowest BCUT2D eigenvalue weighted by Gasteiger charge is -2.00. The number of hydrogen-bond acceptors (Lipinski definition) is 3. The lowest BCUT2D eigenvalue weighted by atomic mass is 10.1. The molecular weight excluding hydrogens is 236 g/mol. The number of benzene rings is 1. The summed E-state index contributed by atoms with van der Waals surface area (Å²) >= 11 is 0. The molecule has 1 N–H and O–H groups in total. The maximum atomic E-state index is 4.35. The van der Waals surface area contributed by atoms with Gasteiger partial charge in [-0.25, -0.2) is 4.98 Å². The van der Waals surface area contributed by atoms with Crippen molar-refractivity contribution in [3.8, 4) is 0 Å². The number of nitrogens with one attached hydrogen (secondary N) is 1. The van der Waals surface area contributed by atoms with Gasteiger partial charge in [0.2, 0.25) is 0 Å². The Labute approximate surface area is 110 Å². The van der Waals surface area contributed by atoms with E-state index in [1.807, 2.05) is 30.5 Å². The van der Waals surface area contributed by atoms with Crippen molar-refractivity contribution < 1.29 is 0 Å². The fourth-order valence-electron chi connectivity index (χ4n) is 1.89. The van der Waals surface area contributed by atoms with Crippen LogP contribution in [0.15, 0.2) is 67.5 Å². The molecule has 0 aliphatic carbocycles. The smallest absolute Gasteiger partial charge is 0.0964 e. The van der Waals surface area contributed by atoms with Gasteiger partial charge in [-0.15, -0.1) is 0 Å². The second-order valence-electron chi connectivity index (χ2n) is 3.98. The molecule has 0 spiro atoms. The fraction of sp³-hybridized carbons (Fsp3) is 0. The number of hydrogen-bond donors (Lipinski definition) is 1. The van der Waals surface area contributed by atoms with Crippen LogP contribution in [0.4, 0.5) is 0 Å². The number of rotatable bonds is 0. The van der Waals surface area contributed by atoms with E-state index in [-0.39, 0.29) is 0 Å². The quantitative estimate of drug-likeness (QED) is 0.486. The third-order valence-corrected chi connectivity index (χ3v) is 2.75. The highest BCUT2D eigenvalue weighted by atomic mass is 14.8. The Balaban J connectivity index is 0.000000187. The van der Waals surface area contributed by atoms with Gasteiger partial charge in [-0.05, 0) is 12.1 Å². The highest BCUT2D eigenvalue weighted by Gasteiger charge is 1.99. The van der Waals surface area contributed by atoms with Crippen LogP contribution in [0.3, 0.4) is 0 Å². The van der Waals surface area contributed by atoms with Crippen molar-refractivity contribution in [2.24, 2.45) is 0 Å². The zero-order valence-electron chi connectivity index (χ0n) is 10.2. The third-order valence-electron chi connectivity index (χ3n) is 2.75. The van der Waals surface area contributed by atoms with Gasteiger partial charge in [0.1, 0.15) is 0 Å². The Morgan fingerprint density at radius 2 is 1.84 bits per heavy atom. The van der Waals surface area contributed by atoms with E-state index in [1.165, 1.54) is 0 Å².